The standard InChI is InChI=1S/C23H21F4N3OS2/c24-20-7-2-1-4-16(20)14-32-22-28-18(15-33-22)13-21(31)30-10-8-29(9-11-30)19-6-3-5-17(12-19)23(25,26)27/h1-7,12,15H,8-11,13-14H2. The van der Waals surface area contributed by atoms with E-state index in [1.54, 1.807) is 29.2 Å². The minimum Gasteiger partial charge on any atom is -0.368 e. The van der Waals surface area contributed by atoms with Crippen LogP contribution in [0.4, 0.5) is 23.2 Å². The number of piperazine rings is 1. The van der Waals surface area contributed by atoms with Crippen molar-refractivity contribution in [2.24, 2.45) is 0 Å². The number of carbonyl (C=O) groups is 1. The molecule has 1 aliphatic rings. The average Bonchev–Trinajstić information content (AvgIpc) is 3.25. The SMILES string of the molecule is O=C(Cc1csc(SCc2ccccc2F)n1)N1CCN(c2cccc(C(F)(F)F)c2)CC1. The normalized spacial score (nSPS) is 14.5. The summed E-state index contributed by atoms with van der Waals surface area (Å²) in [5, 5.41) is 1.83. The molecule has 0 N–H and O–H groups in total. The summed E-state index contributed by atoms with van der Waals surface area (Å²) in [7, 11) is 0. The molecule has 0 aliphatic carbocycles. The van der Waals surface area contributed by atoms with Gasteiger partial charge in [-0.1, -0.05) is 36.0 Å². The number of amides is 1. The highest BCUT2D eigenvalue weighted by atomic mass is 32.2. The fourth-order valence-electron chi connectivity index (χ4n) is 3.55. The number of thiazole rings is 1. The topological polar surface area (TPSA) is 36.4 Å². The third kappa shape index (κ3) is 6.05. The first-order valence-electron chi connectivity index (χ1n) is 10.3. The summed E-state index contributed by atoms with van der Waals surface area (Å²) in [6.07, 6.45) is -4.21. The number of nitrogens with zero attached hydrogens (tertiary/aromatic N) is 3. The molecule has 174 valence electrons. The van der Waals surface area contributed by atoms with Gasteiger partial charge in [-0.25, -0.2) is 9.37 Å². The summed E-state index contributed by atoms with van der Waals surface area (Å²) in [4.78, 5) is 20.8. The predicted octanol–water partition coefficient (Wildman–Crippen LogP) is 5.48. The molecule has 1 fully saturated rings. The van der Waals surface area contributed by atoms with E-state index in [-0.39, 0.29) is 18.1 Å². The molecule has 0 bridgehead atoms. The highest BCUT2D eigenvalue weighted by Gasteiger charge is 2.31. The number of hydrogen-bond acceptors (Lipinski definition) is 5. The van der Waals surface area contributed by atoms with E-state index < -0.39 is 11.7 Å². The molecule has 3 aromatic rings. The van der Waals surface area contributed by atoms with Crippen molar-refractivity contribution in [3.63, 3.8) is 0 Å². The Hall–Kier alpha value is -2.59. The number of thioether (sulfide) groups is 1. The number of anilines is 1. The van der Waals surface area contributed by atoms with Gasteiger partial charge in [-0.05, 0) is 29.8 Å². The molecule has 1 saturated heterocycles. The summed E-state index contributed by atoms with van der Waals surface area (Å²) in [5.41, 5.74) is 1.11. The first kappa shape index (κ1) is 23.6. The predicted molar refractivity (Wildman–Crippen MR) is 122 cm³/mol. The van der Waals surface area contributed by atoms with E-state index >= 15 is 0 Å². The maximum absolute atomic E-state index is 13.7. The van der Waals surface area contributed by atoms with Gasteiger partial charge in [0.1, 0.15) is 10.2 Å². The van der Waals surface area contributed by atoms with Crippen LogP contribution in [0, 0.1) is 5.82 Å². The average molecular weight is 496 g/mol. The van der Waals surface area contributed by atoms with Crippen molar-refractivity contribution in [1.82, 2.24) is 9.88 Å². The molecule has 0 unspecified atom stereocenters. The summed E-state index contributed by atoms with van der Waals surface area (Å²) >= 11 is 2.85. The second-order valence-electron chi connectivity index (χ2n) is 7.58. The number of benzene rings is 2. The molecule has 0 spiro atoms. The highest BCUT2D eigenvalue weighted by Crippen LogP contribution is 2.32. The number of alkyl halides is 3. The molecular weight excluding hydrogens is 474 g/mol. The number of rotatable bonds is 6. The van der Waals surface area contributed by atoms with Crippen LogP contribution < -0.4 is 4.90 Å². The van der Waals surface area contributed by atoms with Gasteiger partial charge >= 0.3 is 6.18 Å². The zero-order chi connectivity index (χ0) is 23.4. The van der Waals surface area contributed by atoms with Crippen LogP contribution in [-0.4, -0.2) is 42.0 Å². The number of halogens is 4. The maximum Gasteiger partial charge on any atom is 0.416 e. The third-order valence-electron chi connectivity index (χ3n) is 5.34. The van der Waals surface area contributed by atoms with Crippen molar-refractivity contribution < 1.29 is 22.4 Å². The van der Waals surface area contributed by atoms with Gasteiger partial charge in [0.15, 0.2) is 0 Å². The van der Waals surface area contributed by atoms with E-state index in [2.05, 4.69) is 4.98 Å². The Labute approximate surface area is 197 Å². The molecule has 1 aliphatic heterocycles. The Morgan fingerprint density at radius 1 is 1.06 bits per heavy atom. The van der Waals surface area contributed by atoms with Crippen molar-refractivity contribution >= 4 is 34.7 Å². The fourth-order valence-corrected chi connectivity index (χ4v) is 5.38. The first-order valence-corrected chi connectivity index (χ1v) is 12.2. The molecule has 4 nitrogen and oxygen atoms in total. The van der Waals surface area contributed by atoms with E-state index in [1.807, 2.05) is 10.3 Å². The molecule has 33 heavy (non-hydrogen) atoms. The summed E-state index contributed by atoms with van der Waals surface area (Å²) in [6, 6.07) is 11.9. The van der Waals surface area contributed by atoms with Crippen LogP contribution in [-0.2, 0) is 23.1 Å². The van der Waals surface area contributed by atoms with Crippen LogP contribution in [0.15, 0.2) is 58.3 Å². The maximum atomic E-state index is 13.7. The monoisotopic (exact) mass is 495 g/mol. The Balaban J connectivity index is 1.28. The van der Waals surface area contributed by atoms with E-state index in [1.165, 1.54) is 35.2 Å². The van der Waals surface area contributed by atoms with Crippen LogP contribution in [0.25, 0.3) is 0 Å². The minimum atomic E-state index is -4.38. The second-order valence-corrected chi connectivity index (χ2v) is 9.66. The van der Waals surface area contributed by atoms with Crippen LogP contribution in [0.5, 0.6) is 0 Å². The first-order chi connectivity index (χ1) is 15.8. The third-order valence-corrected chi connectivity index (χ3v) is 7.46. The van der Waals surface area contributed by atoms with Crippen molar-refractivity contribution in [1.29, 1.82) is 0 Å². The molecule has 10 heteroatoms. The zero-order valence-electron chi connectivity index (χ0n) is 17.5. The lowest BCUT2D eigenvalue weighted by Crippen LogP contribution is -2.49. The number of aromatic nitrogens is 1. The van der Waals surface area contributed by atoms with Gasteiger partial charge in [-0.15, -0.1) is 11.3 Å². The molecule has 0 radical (unpaired) electrons. The Morgan fingerprint density at radius 3 is 2.55 bits per heavy atom. The van der Waals surface area contributed by atoms with Gasteiger partial charge in [0, 0.05) is 43.0 Å². The van der Waals surface area contributed by atoms with Gasteiger partial charge in [-0.2, -0.15) is 13.2 Å². The summed E-state index contributed by atoms with van der Waals surface area (Å²) in [6.45, 7) is 1.81. The summed E-state index contributed by atoms with van der Waals surface area (Å²) < 4.78 is 53.4. The lowest BCUT2D eigenvalue weighted by atomic mass is 10.1. The molecule has 2 heterocycles. The number of hydrogen-bond donors (Lipinski definition) is 0. The Bertz CT molecular complexity index is 1110. The molecule has 1 amide bonds. The van der Waals surface area contributed by atoms with E-state index in [0.29, 0.717) is 48.9 Å². The van der Waals surface area contributed by atoms with Crippen molar-refractivity contribution in [2.75, 3.05) is 31.1 Å². The van der Waals surface area contributed by atoms with Crippen molar-refractivity contribution in [3.8, 4) is 0 Å². The number of carbonyl (C=O) groups excluding carboxylic acids is 1. The van der Waals surface area contributed by atoms with Gasteiger partial charge in [0.25, 0.3) is 0 Å². The summed E-state index contributed by atoms with van der Waals surface area (Å²) in [5.74, 6) is 0.154. The molecule has 2 aromatic carbocycles. The molecule has 4 rings (SSSR count). The van der Waals surface area contributed by atoms with Crippen LogP contribution in [0.3, 0.4) is 0 Å². The van der Waals surface area contributed by atoms with E-state index in [9.17, 15) is 22.4 Å². The lowest BCUT2D eigenvalue weighted by Gasteiger charge is -2.36. The van der Waals surface area contributed by atoms with Crippen LogP contribution in [0.1, 0.15) is 16.8 Å². The fraction of sp³-hybridized carbons (Fsp3) is 0.304. The largest absolute Gasteiger partial charge is 0.416 e. The van der Waals surface area contributed by atoms with Crippen molar-refractivity contribution in [3.05, 3.63) is 76.5 Å². The smallest absolute Gasteiger partial charge is 0.368 e. The quantitative estimate of drug-likeness (QED) is 0.335. The molecular formula is C23H21F4N3OS2. The van der Waals surface area contributed by atoms with Gasteiger partial charge in [0.2, 0.25) is 5.91 Å². The van der Waals surface area contributed by atoms with E-state index in [4.69, 9.17) is 0 Å². The molecule has 1 aromatic heterocycles. The zero-order valence-corrected chi connectivity index (χ0v) is 19.2. The Morgan fingerprint density at radius 2 is 1.82 bits per heavy atom. The highest BCUT2D eigenvalue weighted by molar-refractivity contribution is 8.00. The Kier molecular flexibility index (Phi) is 7.23. The van der Waals surface area contributed by atoms with Crippen LogP contribution in [0.2, 0.25) is 0 Å². The second kappa shape index (κ2) is 10.1. The van der Waals surface area contributed by atoms with Crippen molar-refractivity contribution in [2.45, 2.75) is 22.7 Å². The van der Waals surface area contributed by atoms with Gasteiger partial charge in [-0.3, -0.25) is 4.79 Å². The van der Waals surface area contributed by atoms with Gasteiger partial charge < -0.3 is 9.80 Å². The van der Waals surface area contributed by atoms with Gasteiger partial charge in [0.05, 0.1) is 17.7 Å². The molecule has 0 atom stereocenters. The lowest BCUT2D eigenvalue weighted by molar-refractivity contribution is -0.137. The van der Waals surface area contributed by atoms with E-state index in [0.717, 1.165) is 16.5 Å². The van der Waals surface area contributed by atoms with Crippen LogP contribution >= 0.6 is 23.1 Å². The minimum absolute atomic E-state index is 0.0605. The molecule has 0 saturated carbocycles.